The second kappa shape index (κ2) is 6.28. The molecule has 0 radical (unpaired) electrons. The van der Waals surface area contributed by atoms with Gasteiger partial charge < -0.3 is 10.5 Å². The van der Waals surface area contributed by atoms with E-state index in [0.717, 1.165) is 11.3 Å². The lowest BCUT2D eigenvalue weighted by Crippen LogP contribution is -2.12. The SMILES string of the molecule is C=S(=O)(Nc1ccccc1)c1cccc(/C=C/C(N)=O)c1. The molecule has 2 rings (SSSR count). The number of hydrogen-bond acceptors (Lipinski definition) is 2. The fourth-order valence-corrected chi connectivity index (χ4v) is 3.02. The van der Waals surface area contributed by atoms with Crippen molar-refractivity contribution < 1.29 is 9.00 Å². The maximum atomic E-state index is 12.7. The maximum absolute atomic E-state index is 12.7. The number of hydrogen-bond donors (Lipinski definition) is 2. The Balaban J connectivity index is 2.28. The van der Waals surface area contributed by atoms with E-state index in [-0.39, 0.29) is 0 Å². The normalized spacial score (nSPS) is 13.7. The summed E-state index contributed by atoms with van der Waals surface area (Å²) in [5.41, 5.74) is 6.53. The molecule has 0 heterocycles. The molecule has 0 bridgehead atoms. The van der Waals surface area contributed by atoms with Crippen molar-refractivity contribution in [3.8, 4) is 0 Å². The van der Waals surface area contributed by atoms with Crippen LogP contribution in [0, 0.1) is 0 Å². The maximum Gasteiger partial charge on any atom is 0.241 e. The van der Waals surface area contributed by atoms with Crippen LogP contribution in [0.15, 0.2) is 65.6 Å². The van der Waals surface area contributed by atoms with Gasteiger partial charge in [0.2, 0.25) is 5.91 Å². The monoisotopic (exact) mass is 300 g/mol. The zero-order valence-corrected chi connectivity index (χ0v) is 12.2. The molecule has 2 aromatic carbocycles. The number of carbonyl (C=O) groups excluding carboxylic acids is 1. The van der Waals surface area contributed by atoms with Crippen molar-refractivity contribution in [2.24, 2.45) is 5.73 Å². The molecule has 0 aliphatic heterocycles. The summed E-state index contributed by atoms with van der Waals surface area (Å²) in [6.45, 7) is 0. The Kier molecular flexibility index (Phi) is 4.45. The highest BCUT2D eigenvalue weighted by Crippen LogP contribution is 2.17. The van der Waals surface area contributed by atoms with Crippen LogP contribution in [0.2, 0.25) is 0 Å². The van der Waals surface area contributed by atoms with E-state index in [1.54, 1.807) is 30.3 Å². The van der Waals surface area contributed by atoms with Crippen molar-refractivity contribution in [2.45, 2.75) is 4.90 Å². The van der Waals surface area contributed by atoms with E-state index < -0.39 is 15.6 Å². The van der Waals surface area contributed by atoms with E-state index in [4.69, 9.17) is 5.73 Å². The third-order valence-electron chi connectivity index (χ3n) is 2.74. The van der Waals surface area contributed by atoms with Gasteiger partial charge in [-0.2, -0.15) is 0 Å². The van der Waals surface area contributed by atoms with Gasteiger partial charge in [-0.1, -0.05) is 30.3 Å². The molecule has 108 valence electrons. The average molecular weight is 300 g/mol. The number of nitrogens with one attached hydrogen (secondary N) is 1. The molecule has 0 aliphatic carbocycles. The van der Waals surface area contributed by atoms with Crippen LogP contribution in [0.4, 0.5) is 5.69 Å². The first-order valence-corrected chi connectivity index (χ1v) is 7.98. The summed E-state index contributed by atoms with van der Waals surface area (Å²) in [6, 6.07) is 16.2. The van der Waals surface area contributed by atoms with Gasteiger partial charge in [0.25, 0.3) is 0 Å². The fourth-order valence-electron chi connectivity index (χ4n) is 1.76. The van der Waals surface area contributed by atoms with Gasteiger partial charge in [-0.15, -0.1) is 0 Å². The van der Waals surface area contributed by atoms with Gasteiger partial charge in [0.15, 0.2) is 0 Å². The highest BCUT2D eigenvalue weighted by molar-refractivity contribution is 8.01. The zero-order valence-electron chi connectivity index (χ0n) is 11.4. The number of primary amides is 1. The minimum absolute atomic E-state index is 0.529. The standard InChI is InChI=1S/C16H16N2O2S/c1-21(20,18-14-7-3-2-4-8-14)15-9-5-6-13(12-15)10-11-16(17)19/h2-12H,1H2,(H2,17,19)(H,18,20)/b11-10+. The topological polar surface area (TPSA) is 72.2 Å². The van der Waals surface area contributed by atoms with E-state index in [0.29, 0.717) is 4.90 Å². The molecular weight excluding hydrogens is 284 g/mol. The highest BCUT2D eigenvalue weighted by Gasteiger charge is 2.07. The van der Waals surface area contributed by atoms with Crippen LogP contribution >= 0.6 is 0 Å². The lowest BCUT2D eigenvalue weighted by molar-refractivity contribution is -0.113. The smallest absolute Gasteiger partial charge is 0.241 e. The summed E-state index contributed by atoms with van der Waals surface area (Å²) in [5.74, 6) is 3.24. The molecule has 5 heteroatoms. The molecule has 0 fully saturated rings. The van der Waals surface area contributed by atoms with Crippen molar-refractivity contribution in [1.29, 1.82) is 0 Å². The van der Waals surface area contributed by atoms with E-state index in [1.807, 2.05) is 30.3 Å². The second-order valence-corrected chi connectivity index (χ2v) is 6.48. The lowest BCUT2D eigenvalue weighted by Gasteiger charge is -2.13. The Bertz CT molecular complexity index is 766. The first-order valence-electron chi connectivity index (χ1n) is 6.25. The van der Waals surface area contributed by atoms with Gasteiger partial charge in [-0.3, -0.25) is 4.79 Å². The number of benzene rings is 2. The van der Waals surface area contributed by atoms with E-state index in [9.17, 15) is 9.00 Å². The lowest BCUT2D eigenvalue weighted by atomic mass is 10.2. The molecule has 3 N–H and O–H groups in total. The Hall–Kier alpha value is -2.53. The van der Waals surface area contributed by atoms with Crippen LogP contribution in [0.3, 0.4) is 0 Å². The van der Waals surface area contributed by atoms with Crippen molar-refractivity contribution in [3.63, 3.8) is 0 Å². The average Bonchev–Trinajstić information content (AvgIpc) is 2.46. The van der Waals surface area contributed by atoms with E-state index in [1.165, 1.54) is 6.08 Å². The van der Waals surface area contributed by atoms with Crippen LogP contribution in [0.5, 0.6) is 0 Å². The molecule has 4 nitrogen and oxygen atoms in total. The van der Waals surface area contributed by atoms with Crippen molar-refractivity contribution in [1.82, 2.24) is 0 Å². The molecule has 0 aliphatic rings. The molecule has 0 saturated heterocycles. The molecule has 1 amide bonds. The number of nitrogens with two attached hydrogens (primary N) is 1. The Labute approximate surface area is 124 Å². The first-order chi connectivity index (χ1) is 9.97. The van der Waals surface area contributed by atoms with Crippen LogP contribution < -0.4 is 10.5 Å². The van der Waals surface area contributed by atoms with Crippen LogP contribution in [0.1, 0.15) is 5.56 Å². The van der Waals surface area contributed by atoms with Gasteiger partial charge in [0, 0.05) is 11.8 Å². The summed E-state index contributed by atoms with van der Waals surface area (Å²) >= 11 is 0. The first kappa shape index (κ1) is 14.9. The number of amides is 1. The summed E-state index contributed by atoms with van der Waals surface area (Å²) in [6.07, 6.45) is 2.83. The summed E-state index contributed by atoms with van der Waals surface area (Å²) in [7, 11) is -2.67. The summed E-state index contributed by atoms with van der Waals surface area (Å²) < 4.78 is 15.6. The van der Waals surface area contributed by atoms with Crippen LogP contribution in [0.25, 0.3) is 6.08 Å². The van der Waals surface area contributed by atoms with Gasteiger partial charge in [-0.05, 0) is 41.8 Å². The Morgan fingerprint density at radius 1 is 1.14 bits per heavy atom. The molecular formula is C16H16N2O2S. The van der Waals surface area contributed by atoms with Crippen LogP contribution in [-0.2, 0) is 14.5 Å². The zero-order chi connectivity index (χ0) is 15.3. The largest absolute Gasteiger partial charge is 0.366 e. The molecule has 0 spiro atoms. The Morgan fingerprint density at radius 3 is 2.52 bits per heavy atom. The summed E-state index contributed by atoms with van der Waals surface area (Å²) in [5, 5.41) is 0. The third kappa shape index (κ3) is 4.22. The van der Waals surface area contributed by atoms with Gasteiger partial charge in [0.1, 0.15) is 0 Å². The molecule has 0 aromatic heterocycles. The van der Waals surface area contributed by atoms with Crippen LogP contribution in [-0.4, -0.2) is 16.0 Å². The van der Waals surface area contributed by atoms with Crippen molar-refractivity contribution >= 4 is 33.2 Å². The van der Waals surface area contributed by atoms with Gasteiger partial charge in [0.05, 0.1) is 14.6 Å². The number of carbonyl (C=O) groups is 1. The quantitative estimate of drug-likeness (QED) is 0.657. The van der Waals surface area contributed by atoms with Gasteiger partial charge >= 0.3 is 0 Å². The Morgan fingerprint density at radius 2 is 1.86 bits per heavy atom. The molecule has 1 atom stereocenters. The number of para-hydroxylation sites is 1. The molecule has 2 aromatic rings. The predicted molar refractivity (Wildman–Crippen MR) is 88.3 cm³/mol. The second-order valence-electron chi connectivity index (χ2n) is 4.45. The minimum Gasteiger partial charge on any atom is -0.366 e. The molecule has 1 unspecified atom stereocenters. The fraction of sp³-hybridized carbons (Fsp3) is 0. The van der Waals surface area contributed by atoms with Crippen molar-refractivity contribution in [2.75, 3.05) is 4.72 Å². The molecule has 21 heavy (non-hydrogen) atoms. The van der Waals surface area contributed by atoms with E-state index >= 15 is 0 Å². The van der Waals surface area contributed by atoms with E-state index in [2.05, 4.69) is 10.6 Å². The summed E-state index contributed by atoms with van der Waals surface area (Å²) in [4.78, 5) is 11.3. The highest BCUT2D eigenvalue weighted by atomic mass is 32.2. The molecule has 0 saturated carbocycles. The minimum atomic E-state index is -2.67. The third-order valence-corrected chi connectivity index (χ3v) is 4.32. The number of anilines is 1. The van der Waals surface area contributed by atoms with Gasteiger partial charge in [-0.25, -0.2) is 4.21 Å². The van der Waals surface area contributed by atoms with Crippen molar-refractivity contribution in [3.05, 3.63) is 66.2 Å². The number of rotatable bonds is 5. The predicted octanol–water partition coefficient (Wildman–Crippen LogP) is 2.29.